The van der Waals surface area contributed by atoms with Crippen LogP contribution < -0.4 is 5.32 Å². The van der Waals surface area contributed by atoms with Gasteiger partial charge in [-0.3, -0.25) is 0 Å². The van der Waals surface area contributed by atoms with Crippen molar-refractivity contribution in [1.29, 1.82) is 0 Å². The van der Waals surface area contributed by atoms with Crippen molar-refractivity contribution in [3.63, 3.8) is 0 Å². The second kappa shape index (κ2) is 3.16. The van der Waals surface area contributed by atoms with Gasteiger partial charge >= 0.3 is 0 Å². The summed E-state index contributed by atoms with van der Waals surface area (Å²) in [6.07, 6.45) is 2.70. The number of aromatic nitrogens is 4. The Labute approximate surface area is 86.3 Å². The summed E-state index contributed by atoms with van der Waals surface area (Å²) >= 11 is 0. The third-order valence-electron chi connectivity index (χ3n) is 2.57. The van der Waals surface area contributed by atoms with E-state index in [1.807, 2.05) is 6.07 Å². The molecule has 1 atom stereocenters. The zero-order chi connectivity index (χ0) is 10.3. The monoisotopic (exact) mass is 205 g/mol. The minimum Gasteiger partial charge on any atom is -0.467 e. The van der Waals surface area contributed by atoms with Gasteiger partial charge in [-0.2, -0.15) is 4.80 Å². The molecular weight excluding hydrogens is 194 g/mol. The largest absolute Gasteiger partial charge is 0.467 e. The lowest BCUT2D eigenvalue weighted by Gasteiger charge is -2.19. The molecule has 0 aliphatic carbocycles. The first kappa shape index (κ1) is 8.60. The van der Waals surface area contributed by atoms with Crippen molar-refractivity contribution in [3.05, 3.63) is 29.5 Å². The van der Waals surface area contributed by atoms with Crippen molar-refractivity contribution >= 4 is 0 Å². The standard InChI is InChI=1S/C9H11N5O/c1-14-12-9(11-13-14)7-8-6(2-4-10-7)3-5-15-8/h3,5,7,10H,2,4H2,1H3. The first-order valence-corrected chi connectivity index (χ1v) is 4.88. The van der Waals surface area contributed by atoms with Gasteiger partial charge in [-0.15, -0.1) is 10.2 Å². The fourth-order valence-electron chi connectivity index (χ4n) is 1.87. The van der Waals surface area contributed by atoms with Crippen LogP contribution >= 0.6 is 0 Å². The van der Waals surface area contributed by atoms with Crippen molar-refractivity contribution in [2.75, 3.05) is 6.54 Å². The lowest BCUT2D eigenvalue weighted by atomic mass is 10.0. The van der Waals surface area contributed by atoms with Crippen LogP contribution in [-0.4, -0.2) is 26.8 Å². The van der Waals surface area contributed by atoms with E-state index in [4.69, 9.17) is 4.42 Å². The van der Waals surface area contributed by atoms with Crippen LogP contribution in [0.2, 0.25) is 0 Å². The van der Waals surface area contributed by atoms with E-state index in [-0.39, 0.29) is 6.04 Å². The fraction of sp³-hybridized carbons (Fsp3) is 0.444. The Hall–Kier alpha value is -1.69. The summed E-state index contributed by atoms with van der Waals surface area (Å²) in [6.45, 7) is 0.912. The molecule has 2 aromatic rings. The highest BCUT2D eigenvalue weighted by Gasteiger charge is 2.27. The van der Waals surface area contributed by atoms with Crippen LogP contribution in [0.15, 0.2) is 16.7 Å². The van der Waals surface area contributed by atoms with Crippen molar-refractivity contribution in [2.45, 2.75) is 12.5 Å². The smallest absolute Gasteiger partial charge is 0.199 e. The Morgan fingerprint density at radius 1 is 1.60 bits per heavy atom. The molecule has 0 fully saturated rings. The number of aryl methyl sites for hydroxylation is 1. The molecule has 0 saturated heterocycles. The Morgan fingerprint density at radius 3 is 3.33 bits per heavy atom. The van der Waals surface area contributed by atoms with Crippen LogP contribution in [0.5, 0.6) is 0 Å². The molecule has 6 heteroatoms. The summed E-state index contributed by atoms with van der Waals surface area (Å²) in [4.78, 5) is 1.45. The Kier molecular flexibility index (Phi) is 1.81. The number of furan rings is 1. The first-order valence-electron chi connectivity index (χ1n) is 4.88. The SMILES string of the molecule is Cn1nnc(C2NCCc3ccoc32)n1. The maximum atomic E-state index is 5.45. The number of rotatable bonds is 1. The Balaban J connectivity index is 2.02. The van der Waals surface area contributed by atoms with Gasteiger partial charge in [-0.25, -0.2) is 0 Å². The fourth-order valence-corrected chi connectivity index (χ4v) is 1.87. The molecule has 3 rings (SSSR count). The van der Waals surface area contributed by atoms with Crippen LogP contribution in [0.25, 0.3) is 0 Å². The average Bonchev–Trinajstić information content (AvgIpc) is 2.84. The van der Waals surface area contributed by atoms with E-state index in [2.05, 4.69) is 20.7 Å². The van der Waals surface area contributed by atoms with Crippen molar-refractivity contribution in [1.82, 2.24) is 25.5 Å². The molecule has 0 radical (unpaired) electrons. The second-order valence-electron chi connectivity index (χ2n) is 3.58. The van der Waals surface area contributed by atoms with Gasteiger partial charge in [0.05, 0.1) is 13.3 Å². The normalized spacial score (nSPS) is 20.2. The van der Waals surface area contributed by atoms with E-state index in [0.29, 0.717) is 5.82 Å². The zero-order valence-corrected chi connectivity index (χ0v) is 8.34. The molecule has 15 heavy (non-hydrogen) atoms. The highest BCUT2D eigenvalue weighted by atomic mass is 16.3. The summed E-state index contributed by atoms with van der Waals surface area (Å²) in [5.41, 5.74) is 1.23. The van der Waals surface area contributed by atoms with Crippen LogP contribution in [0.3, 0.4) is 0 Å². The van der Waals surface area contributed by atoms with Crippen LogP contribution in [-0.2, 0) is 13.5 Å². The number of nitrogens with zero attached hydrogens (tertiary/aromatic N) is 4. The molecule has 0 bridgehead atoms. The van der Waals surface area contributed by atoms with Gasteiger partial charge in [0.25, 0.3) is 0 Å². The van der Waals surface area contributed by atoms with E-state index >= 15 is 0 Å². The van der Waals surface area contributed by atoms with Gasteiger partial charge in [0.1, 0.15) is 11.8 Å². The molecule has 3 heterocycles. The molecule has 1 aliphatic heterocycles. The molecule has 1 aliphatic rings. The number of tetrazole rings is 1. The van der Waals surface area contributed by atoms with Gasteiger partial charge in [-0.05, 0) is 23.3 Å². The van der Waals surface area contributed by atoms with Gasteiger partial charge in [0, 0.05) is 6.54 Å². The first-order chi connectivity index (χ1) is 7.34. The summed E-state index contributed by atoms with van der Waals surface area (Å²) in [5.74, 6) is 1.57. The van der Waals surface area contributed by atoms with E-state index in [0.717, 1.165) is 18.7 Å². The molecule has 2 aromatic heterocycles. The quantitative estimate of drug-likeness (QED) is 0.711. The summed E-state index contributed by atoms with van der Waals surface area (Å²) in [6, 6.07) is 1.94. The van der Waals surface area contributed by atoms with Crippen molar-refractivity contribution in [2.24, 2.45) is 7.05 Å². The molecule has 1 N–H and O–H groups in total. The van der Waals surface area contributed by atoms with E-state index < -0.39 is 0 Å². The number of hydrogen-bond acceptors (Lipinski definition) is 5. The van der Waals surface area contributed by atoms with Gasteiger partial charge < -0.3 is 9.73 Å². The minimum absolute atomic E-state index is 0.0579. The molecule has 0 spiro atoms. The Bertz CT molecular complexity index is 474. The number of fused-ring (bicyclic) bond motifs is 1. The van der Waals surface area contributed by atoms with Crippen LogP contribution in [0, 0.1) is 0 Å². The summed E-state index contributed by atoms with van der Waals surface area (Å²) in [5, 5.41) is 15.3. The lowest BCUT2D eigenvalue weighted by Crippen LogP contribution is -2.30. The van der Waals surface area contributed by atoms with Crippen molar-refractivity contribution in [3.8, 4) is 0 Å². The van der Waals surface area contributed by atoms with Crippen molar-refractivity contribution < 1.29 is 4.42 Å². The van der Waals surface area contributed by atoms with E-state index in [1.165, 1.54) is 10.4 Å². The predicted molar refractivity (Wildman–Crippen MR) is 51.1 cm³/mol. The topological polar surface area (TPSA) is 68.8 Å². The highest BCUT2D eigenvalue weighted by molar-refractivity contribution is 5.27. The minimum atomic E-state index is -0.0579. The average molecular weight is 205 g/mol. The highest BCUT2D eigenvalue weighted by Crippen LogP contribution is 2.26. The number of hydrogen-bond donors (Lipinski definition) is 1. The molecule has 0 amide bonds. The molecule has 0 saturated carbocycles. The predicted octanol–water partition coefficient (Wildman–Crippen LogP) is 0.0382. The third-order valence-corrected chi connectivity index (χ3v) is 2.57. The van der Waals surface area contributed by atoms with E-state index in [1.54, 1.807) is 13.3 Å². The molecule has 6 nitrogen and oxygen atoms in total. The van der Waals surface area contributed by atoms with E-state index in [9.17, 15) is 0 Å². The van der Waals surface area contributed by atoms with Crippen LogP contribution in [0.4, 0.5) is 0 Å². The molecule has 1 unspecified atom stereocenters. The Morgan fingerprint density at radius 2 is 2.53 bits per heavy atom. The molecule has 78 valence electrons. The zero-order valence-electron chi connectivity index (χ0n) is 8.34. The van der Waals surface area contributed by atoms with Gasteiger partial charge in [-0.1, -0.05) is 0 Å². The molecule has 0 aromatic carbocycles. The summed E-state index contributed by atoms with van der Waals surface area (Å²) in [7, 11) is 1.75. The number of nitrogens with one attached hydrogen (secondary N) is 1. The second-order valence-corrected chi connectivity index (χ2v) is 3.58. The van der Waals surface area contributed by atoms with Gasteiger partial charge in [0.15, 0.2) is 5.82 Å². The maximum absolute atomic E-state index is 5.45. The third kappa shape index (κ3) is 1.33. The lowest BCUT2D eigenvalue weighted by molar-refractivity contribution is 0.414. The van der Waals surface area contributed by atoms with Crippen LogP contribution in [0.1, 0.15) is 23.2 Å². The maximum Gasteiger partial charge on any atom is 0.199 e. The molecular formula is C9H11N5O. The van der Waals surface area contributed by atoms with Gasteiger partial charge in [0.2, 0.25) is 0 Å². The summed E-state index contributed by atoms with van der Waals surface area (Å²) < 4.78 is 5.45.